The van der Waals surface area contributed by atoms with Crippen LogP contribution in [0.3, 0.4) is 0 Å². The normalized spacial score (nSPS) is 13.6. The molecule has 0 aromatic heterocycles. The minimum absolute atomic E-state index is 0.0547. The van der Waals surface area contributed by atoms with Crippen molar-refractivity contribution in [3.05, 3.63) is 87.5 Å². The molecule has 9 heteroatoms. The Kier molecular flexibility index (Phi) is 7.92. The fourth-order valence-electron chi connectivity index (χ4n) is 3.82. The summed E-state index contributed by atoms with van der Waals surface area (Å²) in [5, 5.41) is 11.0. The molecule has 1 heterocycles. The number of morpholine rings is 1. The molecule has 1 fully saturated rings. The first-order valence-corrected chi connectivity index (χ1v) is 11.7. The fourth-order valence-corrected chi connectivity index (χ4v) is 3.82. The smallest absolute Gasteiger partial charge is 0.343 e. The summed E-state index contributed by atoms with van der Waals surface area (Å²) in [6.07, 6.45) is 1.72. The van der Waals surface area contributed by atoms with E-state index in [1.165, 1.54) is 18.2 Å². The molecule has 0 spiro atoms. The van der Waals surface area contributed by atoms with Crippen LogP contribution >= 0.6 is 0 Å². The number of hydrogen-bond acceptors (Lipinski definition) is 8. The summed E-state index contributed by atoms with van der Waals surface area (Å²) >= 11 is 0. The van der Waals surface area contributed by atoms with E-state index in [-0.39, 0.29) is 17.0 Å². The van der Waals surface area contributed by atoms with Crippen LogP contribution in [0.25, 0.3) is 0 Å². The number of ether oxygens (including phenoxy) is 3. The third kappa shape index (κ3) is 6.05. The molecule has 0 N–H and O–H groups in total. The average Bonchev–Trinajstić information content (AvgIpc) is 2.89. The van der Waals surface area contributed by atoms with E-state index in [2.05, 4.69) is 9.89 Å². The number of nitrogens with zero attached hydrogens (tertiary/aromatic N) is 3. The highest BCUT2D eigenvalue weighted by Gasteiger charge is 2.17. The number of anilines is 1. The fraction of sp³-hybridized carbons (Fsp3) is 0.259. The van der Waals surface area contributed by atoms with Crippen LogP contribution in [-0.4, -0.2) is 50.0 Å². The largest absolute Gasteiger partial charge is 0.490 e. The van der Waals surface area contributed by atoms with E-state index in [0.29, 0.717) is 17.9 Å². The lowest BCUT2D eigenvalue weighted by Gasteiger charge is -2.28. The second-order valence-electron chi connectivity index (χ2n) is 8.16. The predicted octanol–water partition coefficient (Wildman–Crippen LogP) is 5.11. The number of hydrogen-bond donors (Lipinski definition) is 0. The van der Waals surface area contributed by atoms with E-state index in [4.69, 9.17) is 14.2 Å². The van der Waals surface area contributed by atoms with E-state index in [0.717, 1.165) is 43.2 Å². The highest BCUT2D eigenvalue weighted by Crippen LogP contribution is 2.30. The monoisotopic (exact) mass is 489 g/mol. The first kappa shape index (κ1) is 24.9. The van der Waals surface area contributed by atoms with Crippen LogP contribution in [-0.2, 0) is 4.74 Å². The van der Waals surface area contributed by atoms with Crippen molar-refractivity contribution >= 4 is 29.2 Å². The molecule has 3 aromatic rings. The van der Waals surface area contributed by atoms with Crippen LogP contribution in [0.1, 0.15) is 28.4 Å². The van der Waals surface area contributed by atoms with Crippen LogP contribution in [0.5, 0.6) is 11.5 Å². The minimum atomic E-state index is -0.629. The predicted molar refractivity (Wildman–Crippen MR) is 137 cm³/mol. The molecule has 0 saturated carbocycles. The van der Waals surface area contributed by atoms with Crippen LogP contribution in [0, 0.1) is 17.0 Å². The SMILES string of the molecule is CCOc1cc(C=Nc2ccc(N3CCOCC3)cc2)ccc1OC(=O)c1ccc([N+](=O)[O-])c(C)c1. The zero-order valence-corrected chi connectivity index (χ0v) is 20.2. The molecule has 4 rings (SSSR count). The Labute approximate surface area is 209 Å². The summed E-state index contributed by atoms with van der Waals surface area (Å²) in [4.78, 5) is 30.0. The number of nitro benzene ring substituents is 1. The van der Waals surface area contributed by atoms with Crippen molar-refractivity contribution in [1.82, 2.24) is 0 Å². The molecule has 1 aliphatic rings. The van der Waals surface area contributed by atoms with E-state index < -0.39 is 10.9 Å². The Morgan fingerprint density at radius 1 is 1.08 bits per heavy atom. The van der Waals surface area contributed by atoms with Gasteiger partial charge in [0.15, 0.2) is 11.5 Å². The van der Waals surface area contributed by atoms with Crippen molar-refractivity contribution in [2.75, 3.05) is 37.8 Å². The van der Waals surface area contributed by atoms with Gasteiger partial charge in [0, 0.05) is 36.6 Å². The molecule has 0 radical (unpaired) electrons. The van der Waals surface area contributed by atoms with E-state index >= 15 is 0 Å². The highest BCUT2D eigenvalue weighted by molar-refractivity contribution is 5.92. The van der Waals surface area contributed by atoms with Crippen molar-refractivity contribution < 1.29 is 23.9 Å². The number of esters is 1. The average molecular weight is 490 g/mol. The van der Waals surface area contributed by atoms with Gasteiger partial charge in [0.1, 0.15) is 0 Å². The lowest BCUT2D eigenvalue weighted by atomic mass is 10.1. The number of aryl methyl sites for hydroxylation is 1. The number of benzene rings is 3. The van der Waals surface area contributed by atoms with Crippen molar-refractivity contribution in [3.63, 3.8) is 0 Å². The zero-order chi connectivity index (χ0) is 25.5. The topological polar surface area (TPSA) is 104 Å². The molecule has 1 aliphatic heterocycles. The molecule has 36 heavy (non-hydrogen) atoms. The van der Waals surface area contributed by atoms with Crippen molar-refractivity contribution in [2.24, 2.45) is 4.99 Å². The summed E-state index contributed by atoms with van der Waals surface area (Å²) in [5.74, 6) is 0.0247. The number of rotatable bonds is 8. The van der Waals surface area contributed by atoms with E-state index in [9.17, 15) is 14.9 Å². The van der Waals surface area contributed by atoms with Crippen molar-refractivity contribution in [3.8, 4) is 11.5 Å². The van der Waals surface area contributed by atoms with E-state index in [1.54, 1.807) is 31.3 Å². The third-order valence-electron chi connectivity index (χ3n) is 5.69. The summed E-state index contributed by atoms with van der Waals surface area (Å²) in [7, 11) is 0. The van der Waals surface area contributed by atoms with Gasteiger partial charge in [0.25, 0.3) is 5.69 Å². The Bertz CT molecular complexity index is 1270. The first-order valence-electron chi connectivity index (χ1n) is 11.7. The summed E-state index contributed by atoms with van der Waals surface area (Å²) in [6, 6.07) is 17.3. The second kappa shape index (κ2) is 11.5. The molecule has 186 valence electrons. The molecule has 0 amide bonds. The molecular weight excluding hydrogens is 462 g/mol. The van der Waals surface area contributed by atoms with Gasteiger partial charge in [-0.1, -0.05) is 0 Å². The Balaban J connectivity index is 1.46. The number of aliphatic imine (C=N–C) groups is 1. The molecule has 0 unspecified atom stereocenters. The van der Waals surface area contributed by atoms with Crippen LogP contribution in [0.2, 0.25) is 0 Å². The van der Waals surface area contributed by atoms with Crippen molar-refractivity contribution in [2.45, 2.75) is 13.8 Å². The number of carbonyl (C=O) groups excluding carboxylic acids is 1. The van der Waals surface area contributed by atoms with Gasteiger partial charge in [-0.3, -0.25) is 15.1 Å². The Morgan fingerprint density at radius 3 is 2.50 bits per heavy atom. The maximum absolute atomic E-state index is 12.7. The molecule has 3 aromatic carbocycles. The van der Waals surface area contributed by atoms with Gasteiger partial charge in [-0.2, -0.15) is 0 Å². The lowest BCUT2D eigenvalue weighted by Crippen LogP contribution is -2.36. The van der Waals surface area contributed by atoms with Gasteiger partial charge in [-0.05, 0) is 74.0 Å². The Morgan fingerprint density at radius 2 is 1.83 bits per heavy atom. The molecule has 0 bridgehead atoms. The number of nitro groups is 1. The van der Waals surface area contributed by atoms with Gasteiger partial charge >= 0.3 is 5.97 Å². The zero-order valence-electron chi connectivity index (χ0n) is 20.2. The summed E-state index contributed by atoms with van der Waals surface area (Å²) in [5.41, 5.74) is 3.28. The quantitative estimate of drug-likeness (QED) is 0.142. The second-order valence-corrected chi connectivity index (χ2v) is 8.16. The lowest BCUT2D eigenvalue weighted by molar-refractivity contribution is -0.385. The summed E-state index contributed by atoms with van der Waals surface area (Å²) < 4.78 is 16.6. The van der Waals surface area contributed by atoms with Gasteiger partial charge in [0.05, 0.1) is 36.0 Å². The van der Waals surface area contributed by atoms with Gasteiger partial charge in [-0.15, -0.1) is 0 Å². The van der Waals surface area contributed by atoms with Crippen LogP contribution < -0.4 is 14.4 Å². The number of carbonyl (C=O) groups is 1. The van der Waals surface area contributed by atoms with Gasteiger partial charge < -0.3 is 19.1 Å². The molecular formula is C27H27N3O6. The van der Waals surface area contributed by atoms with Gasteiger partial charge in [0.2, 0.25) is 0 Å². The Hall–Kier alpha value is -4.24. The third-order valence-corrected chi connectivity index (χ3v) is 5.69. The van der Waals surface area contributed by atoms with Crippen LogP contribution in [0.4, 0.5) is 17.1 Å². The first-order chi connectivity index (χ1) is 17.4. The molecule has 9 nitrogen and oxygen atoms in total. The standard InChI is InChI=1S/C27H27N3O6/c1-3-35-26-17-20(18-28-22-6-8-23(9-7-22)29-12-14-34-15-13-29)4-11-25(26)36-27(31)21-5-10-24(30(32)33)19(2)16-21/h4-11,16-18H,3,12-15H2,1-2H3. The molecule has 0 atom stereocenters. The molecule has 1 saturated heterocycles. The maximum atomic E-state index is 12.7. The summed E-state index contributed by atoms with van der Waals surface area (Å²) in [6.45, 7) is 7.02. The maximum Gasteiger partial charge on any atom is 0.343 e. The van der Waals surface area contributed by atoms with E-state index in [1.807, 2.05) is 31.2 Å². The van der Waals surface area contributed by atoms with Crippen LogP contribution in [0.15, 0.2) is 65.7 Å². The van der Waals surface area contributed by atoms with Gasteiger partial charge in [-0.25, -0.2) is 4.79 Å². The molecule has 0 aliphatic carbocycles. The minimum Gasteiger partial charge on any atom is -0.490 e. The highest BCUT2D eigenvalue weighted by atomic mass is 16.6. The van der Waals surface area contributed by atoms with Crippen molar-refractivity contribution in [1.29, 1.82) is 0 Å².